The van der Waals surface area contributed by atoms with Crippen LogP contribution in [0.25, 0.3) is 0 Å². The van der Waals surface area contributed by atoms with Crippen LogP contribution in [0.5, 0.6) is 0 Å². The highest BCUT2D eigenvalue weighted by Crippen LogP contribution is 2.26. The maximum absolute atomic E-state index is 11.3. The monoisotopic (exact) mass is 229 g/mol. The van der Waals surface area contributed by atoms with Gasteiger partial charge in [-0.05, 0) is 26.7 Å². The summed E-state index contributed by atoms with van der Waals surface area (Å²) in [6.07, 6.45) is 5.42. The minimum atomic E-state index is -0.730. The molecule has 94 valence electrons. The summed E-state index contributed by atoms with van der Waals surface area (Å²) in [5.41, 5.74) is -0.730. The Hall–Kier alpha value is -0.770. The van der Waals surface area contributed by atoms with Gasteiger partial charge < -0.3 is 15.2 Å². The SMILES string of the molecule is CC(C)OC(=O)NCC1(O)CCCCCC1. The molecular weight excluding hydrogens is 206 g/mol. The molecule has 0 aromatic heterocycles. The van der Waals surface area contributed by atoms with Crippen LogP contribution in [0, 0.1) is 0 Å². The van der Waals surface area contributed by atoms with E-state index in [1.54, 1.807) is 13.8 Å². The summed E-state index contributed by atoms with van der Waals surface area (Å²) in [6.45, 7) is 3.92. The molecular formula is C12H23NO3. The maximum Gasteiger partial charge on any atom is 0.407 e. The minimum Gasteiger partial charge on any atom is -0.447 e. The molecule has 2 N–H and O–H groups in total. The topological polar surface area (TPSA) is 58.6 Å². The molecule has 1 rings (SSSR count). The lowest BCUT2D eigenvalue weighted by atomic mass is 9.95. The molecule has 1 aliphatic rings. The predicted molar refractivity (Wildman–Crippen MR) is 62.3 cm³/mol. The van der Waals surface area contributed by atoms with Gasteiger partial charge in [-0.25, -0.2) is 4.79 Å². The van der Waals surface area contributed by atoms with Crippen molar-refractivity contribution in [3.05, 3.63) is 0 Å². The van der Waals surface area contributed by atoms with E-state index in [9.17, 15) is 9.90 Å². The van der Waals surface area contributed by atoms with Gasteiger partial charge in [0.1, 0.15) is 0 Å². The van der Waals surface area contributed by atoms with Crippen molar-refractivity contribution < 1.29 is 14.6 Å². The summed E-state index contributed by atoms with van der Waals surface area (Å²) in [6, 6.07) is 0. The summed E-state index contributed by atoms with van der Waals surface area (Å²) < 4.78 is 4.96. The van der Waals surface area contributed by atoms with Crippen LogP contribution < -0.4 is 5.32 Å². The zero-order valence-corrected chi connectivity index (χ0v) is 10.3. The Kier molecular flexibility index (Phi) is 5.06. The van der Waals surface area contributed by atoms with Gasteiger partial charge in [0.15, 0.2) is 0 Å². The van der Waals surface area contributed by atoms with Crippen molar-refractivity contribution in [3.8, 4) is 0 Å². The first-order chi connectivity index (χ1) is 7.52. The van der Waals surface area contributed by atoms with Crippen molar-refractivity contribution in [2.45, 2.75) is 64.1 Å². The standard InChI is InChI=1S/C12H23NO3/c1-10(2)16-11(14)13-9-12(15)7-5-3-4-6-8-12/h10,15H,3-9H2,1-2H3,(H,13,14). The van der Waals surface area contributed by atoms with Gasteiger partial charge in [-0.15, -0.1) is 0 Å². The fraction of sp³-hybridized carbons (Fsp3) is 0.917. The molecule has 1 saturated carbocycles. The Labute approximate surface area is 97.4 Å². The summed E-state index contributed by atoms with van der Waals surface area (Å²) in [4.78, 5) is 11.3. The van der Waals surface area contributed by atoms with E-state index in [4.69, 9.17) is 4.74 Å². The highest BCUT2D eigenvalue weighted by atomic mass is 16.6. The number of alkyl carbamates (subject to hydrolysis) is 1. The molecule has 0 spiro atoms. The maximum atomic E-state index is 11.3. The second-order valence-corrected chi connectivity index (χ2v) is 4.95. The molecule has 1 aliphatic carbocycles. The number of carbonyl (C=O) groups excluding carboxylic acids is 1. The molecule has 4 heteroatoms. The van der Waals surface area contributed by atoms with Crippen LogP contribution in [0.1, 0.15) is 52.4 Å². The highest BCUT2D eigenvalue weighted by molar-refractivity contribution is 5.67. The van der Waals surface area contributed by atoms with Crippen LogP contribution in [-0.4, -0.2) is 29.4 Å². The lowest BCUT2D eigenvalue weighted by molar-refractivity contribution is 0.0223. The van der Waals surface area contributed by atoms with Gasteiger partial charge in [0, 0.05) is 6.54 Å². The first-order valence-corrected chi connectivity index (χ1v) is 6.19. The molecule has 0 bridgehead atoms. The number of rotatable bonds is 3. The van der Waals surface area contributed by atoms with Gasteiger partial charge in [0.05, 0.1) is 11.7 Å². The predicted octanol–water partition coefficient (Wildman–Crippen LogP) is 2.21. The first-order valence-electron chi connectivity index (χ1n) is 6.19. The molecule has 0 saturated heterocycles. The van der Waals surface area contributed by atoms with Gasteiger partial charge in [0.2, 0.25) is 0 Å². The quantitative estimate of drug-likeness (QED) is 0.729. The molecule has 0 aromatic carbocycles. The van der Waals surface area contributed by atoms with E-state index in [1.165, 1.54) is 12.8 Å². The van der Waals surface area contributed by atoms with Crippen LogP contribution in [0.4, 0.5) is 4.79 Å². The summed E-state index contributed by atoms with van der Waals surface area (Å²) in [7, 11) is 0. The molecule has 0 aromatic rings. The van der Waals surface area contributed by atoms with Gasteiger partial charge >= 0.3 is 6.09 Å². The number of aliphatic hydroxyl groups is 1. The zero-order valence-electron chi connectivity index (χ0n) is 10.3. The van der Waals surface area contributed by atoms with Crippen molar-refractivity contribution >= 4 is 6.09 Å². The van der Waals surface area contributed by atoms with Crippen molar-refractivity contribution in [1.82, 2.24) is 5.32 Å². The van der Waals surface area contributed by atoms with Crippen molar-refractivity contribution in [3.63, 3.8) is 0 Å². The molecule has 4 nitrogen and oxygen atoms in total. The third-order valence-electron chi connectivity index (χ3n) is 2.94. The highest BCUT2D eigenvalue weighted by Gasteiger charge is 2.28. The Morgan fingerprint density at radius 1 is 1.31 bits per heavy atom. The second kappa shape index (κ2) is 6.09. The minimum absolute atomic E-state index is 0.122. The fourth-order valence-corrected chi connectivity index (χ4v) is 2.06. The molecule has 0 aliphatic heterocycles. The zero-order chi connectivity index (χ0) is 12.0. The Morgan fingerprint density at radius 2 is 1.88 bits per heavy atom. The van der Waals surface area contributed by atoms with E-state index in [-0.39, 0.29) is 6.10 Å². The van der Waals surface area contributed by atoms with E-state index in [0.29, 0.717) is 6.54 Å². The van der Waals surface area contributed by atoms with Gasteiger partial charge in [-0.2, -0.15) is 0 Å². The molecule has 0 radical (unpaired) electrons. The van der Waals surface area contributed by atoms with E-state index < -0.39 is 11.7 Å². The average Bonchev–Trinajstić information content (AvgIpc) is 2.40. The number of carbonyl (C=O) groups is 1. The molecule has 0 atom stereocenters. The van der Waals surface area contributed by atoms with Crippen LogP contribution in [0.15, 0.2) is 0 Å². The first kappa shape index (κ1) is 13.3. The van der Waals surface area contributed by atoms with E-state index >= 15 is 0 Å². The smallest absolute Gasteiger partial charge is 0.407 e. The fourth-order valence-electron chi connectivity index (χ4n) is 2.06. The number of ether oxygens (including phenoxy) is 1. The van der Waals surface area contributed by atoms with Crippen molar-refractivity contribution in [1.29, 1.82) is 0 Å². The van der Waals surface area contributed by atoms with Gasteiger partial charge in [-0.3, -0.25) is 0 Å². The third-order valence-corrected chi connectivity index (χ3v) is 2.94. The lowest BCUT2D eigenvalue weighted by Gasteiger charge is -2.26. The van der Waals surface area contributed by atoms with E-state index in [1.807, 2.05) is 0 Å². The Balaban J connectivity index is 2.31. The number of nitrogens with one attached hydrogen (secondary N) is 1. The molecule has 1 amide bonds. The largest absolute Gasteiger partial charge is 0.447 e. The molecule has 0 unspecified atom stereocenters. The van der Waals surface area contributed by atoms with Crippen LogP contribution in [0.3, 0.4) is 0 Å². The molecule has 0 heterocycles. The van der Waals surface area contributed by atoms with Gasteiger partial charge in [-0.1, -0.05) is 25.7 Å². The van der Waals surface area contributed by atoms with Crippen molar-refractivity contribution in [2.24, 2.45) is 0 Å². The second-order valence-electron chi connectivity index (χ2n) is 4.95. The van der Waals surface area contributed by atoms with E-state index in [0.717, 1.165) is 25.7 Å². The summed E-state index contributed by atoms with van der Waals surface area (Å²) >= 11 is 0. The molecule has 16 heavy (non-hydrogen) atoms. The third kappa shape index (κ3) is 4.84. The molecule has 1 fully saturated rings. The van der Waals surface area contributed by atoms with E-state index in [2.05, 4.69) is 5.32 Å². The number of hydrogen-bond donors (Lipinski definition) is 2. The summed E-state index contributed by atoms with van der Waals surface area (Å²) in [5.74, 6) is 0. The lowest BCUT2D eigenvalue weighted by Crippen LogP contribution is -2.43. The average molecular weight is 229 g/mol. The van der Waals surface area contributed by atoms with Crippen LogP contribution in [0.2, 0.25) is 0 Å². The summed E-state index contributed by atoms with van der Waals surface area (Å²) in [5, 5.41) is 12.9. The van der Waals surface area contributed by atoms with Crippen molar-refractivity contribution in [2.75, 3.05) is 6.54 Å². The van der Waals surface area contributed by atoms with Gasteiger partial charge in [0.25, 0.3) is 0 Å². The Bertz CT molecular complexity index is 220. The normalized spacial score (nSPS) is 20.2. The van der Waals surface area contributed by atoms with Crippen LogP contribution in [-0.2, 0) is 4.74 Å². The number of hydrogen-bond acceptors (Lipinski definition) is 3. The number of amides is 1. The Morgan fingerprint density at radius 3 is 2.38 bits per heavy atom. The van der Waals surface area contributed by atoms with Crippen LogP contribution >= 0.6 is 0 Å².